The van der Waals surface area contributed by atoms with Crippen molar-refractivity contribution in [2.24, 2.45) is 0 Å². The molecule has 0 radical (unpaired) electrons. The first kappa shape index (κ1) is 16.7. The second-order valence-electron chi connectivity index (χ2n) is 6.16. The Hall–Kier alpha value is -2.17. The van der Waals surface area contributed by atoms with Crippen molar-refractivity contribution in [2.45, 2.75) is 12.5 Å². The first-order chi connectivity index (χ1) is 11.6. The molecular weight excluding hydrogens is 316 g/mol. The Morgan fingerprint density at radius 3 is 2.67 bits per heavy atom. The zero-order valence-electron chi connectivity index (χ0n) is 14.0. The largest absolute Gasteiger partial charge is 0.354 e. The van der Waals surface area contributed by atoms with E-state index >= 15 is 0 Å². The smallest absolute Gasteiger partial charge is 0.224 e. The third-order valence-corrected chi connectivity index (χ3v) is 4.98. The van der Waals surface area contributed by atoms with Crippen molar-refractivity contribution in [3.8, 4) is 0 Å². The fraction of sp³-hybridized carbons (Fsp3) is 0.250. The Kier molecular flexibility index (Phi) is 5.28. The van der Waals surface area contributed by atoms with Gasteiger partial charge in [0, 0.05) is 6.54 Å². The first-order valence-corrected chi connectivity index (χ1v) is 9.01. The molecule has 124 valence electrons. The molecule has 0 saturated heterocycles. The highest BCUT2D eigenvalue weighted by Gasteiger charge is 2.16. The lowest BCUT2D eigenvalue weighted by atomic mass is 10.0. The molecule has 0 aliphatic carbocycles. The van der Waals surface area contributed by atoms with Crippen LogP contribution in [0.4, 0.5) is 0 Å². The second-order valence-corrected chi connectivity index (χ2v) is 6.94. The predicted molar refractivity (Wildman–Crippen MR) is 101 cm³/mol. The summed E-state index contributed by atoms with van der Waals surface area (Å²) < 4.78 is 0. The van der Waals surface area contributed by atoms with Crippen molar-refractivity contribution < 1.29 is 4.79 Å². The summed E-state index contributed by atoms with van der Waals surface area (Å²) in [5.74, 6) is 0.0634. The number of rotatable bonds is 6. The minimum Gasteiger partial charge on any atom is -0.354 e. The molecule has 0 fully saturated rings. The maximum atomic E-state index is 12.4. The lowest BCUT2D eigenvalue weighted by Gasteiger charge is -2.24. The normalized spacial score (nSPS) is 12.5. The molecule has 0 spiro atoms. The molecular formula is C20H22N2OS. The van der Waals surface area contributed by atoms with Gasteiger partial charge >= 0.3 is 0 Å². The topological polar surface area (TPSA) is 32.3 Å². The van der Waals surface area contributed by atoms with E-state index in [4.69, 9.17) is 0 Å². The van der Waals surface area contributed by atoms with Crippen molar-refractivity contribution in [3.05, 3.63) is 70.4 Å². The van der Waals surface area contributed by atoms with Crippen molar-refractivity contribution >= 4 is 28.0 Å². The average Bonchev–Trinajstić information content (AvgIpc) is 3.09. The van der Waals surface area contributed by atoms with Gasteiger partial charge in [0.2, 0.25) is 5.91 Å². The van der Waals surface area contributed by atoms with Gasteiger partial charge in [-0.2, -0.15) is 11.3 Å². The van der Waals surface area contributed by atoms with E-state index in [2.05, 4.69) is 45.2 Å². The lowest BCUT2D eigenvalue weighted by molar-refractivity contribution is -0.120. The van der Waals surface area contributed by atoms with Crippen LogP contribution >= 0.6 is 11.3 Å². The lowest BCUT2D eigenvalue weighted by Crippen LogP contribution is -2.35. The van der Waals surface area contributed by atoms with Gasteiger partial charge in [0.15, 0.2) is 0 Å². The fourth-order valence-corrected chi connectivity index (χ4v) is 3.66. The monoisotopic (exact) mass is 338 g/mol. The summed E-state index contributed by atoms with van der Waals surface area (Å²) in [6, 6.07) is 16.6. The van der Waals surface area contributed by atoms with Crippen LogP contribution in [0.2, 0.25) is 0 Å². The standard InChI is InChI=1S/C20H22N2OS/c1-22(2)19(17-10-11-24-14-17)13-21-20(23)12-16-8-5-7-15-6-3-4-9-18(15)16/h3-11,14,19H,12-13H2,1-2H3,(H,21,23)/t19-/m1/s1. The van der Waals surface area contributed by atoms with Crippen LogP contribution in [0.1, 0.15) is 17.2 Å². The molecule has 1 atom stereocenters. The maximum absolute atomic E-state index is 12.4. The van der Waals surface area contributed by atoms with Crippen molar-refractivity contribution in [1.29, 1.82) is 0 Å². The fourth-order valence-electron chi connectivity index (χ4n) is 2.96. The number of amides is 1. The molecule has 0 aliphatic heterocycles. The van der Waals surface area contributed by atoms with E-state index in [1.165, 1.54) is 10.9 Å². The highest BCUT2D eigenvalue weighted by atomic mass is 32.1. The zero-order valence-corrected chi connectivity index (χ0v) is 14.8. The van der Waals surface area contributed by atoms with Crippen LogP contribution in [0.15, 0.2) is 59.3 Å². The van der Waals surface area contributed by atoms with Crippen molar-refractivity contribution in [1.82, 2.24) is 10.2 Å². The van der Waals surface area contributed by atoms with Crippen LogP contribution in [-0.2, 0) is 11.2 Å². The second kappa shape index (κ2) is 7.60. The number of nitrogens with one attached hydrogen (secondary N) is 1. The number of likely N-dealkylation sites (N-methyl/N-ethyl adjacent to an activating group) is 1. The van der Waals surface area contributed by atoms with E-state index < -0.39 is 0 Å². The molecule has 3 aromatic rings. The number of carbonyl (C=O) groups excluding carboxylic acids is 1. The third kappa shape index (κ3) is 3.83. The van der Waals surface area contributed by atoms with Gasteiger partial charge < -0.3 is 10.2 Å². The summed E-state index contributed by atoms with van der Waals surface area (Å²) in [7, 11) is 4.08. The Morgan fingerprint density at radius 1 is 1.12 bits per heavy atom. The predicted octanol–water partition coefficient (Wildman–Crippen LogP) is 3.86. The molecule has 24 heavy (non-hydrogen) atoms. The van der Waals surface area contributed by atoms with Crippen LogP contribution in [0.25, 0.3) is 10.8 Å². The number of thiophene rings is 1. The number of nitrogens with zero attached hydrogens (tertiary/aromatic N) is 1. The highest BCUT2D eigenvalue weighted by molar-refractivity contribution is 7.07. The van der Waals surface area contributed by atoms with Crippen LogP contribution in [-0.4, -0.2) is 31.4 Å². The highest BCUT2D eigenvalue weighted by Crippen LogP contribution is 2.21. The Morgan fingerprint density at radius 2 is 1.92 bits per heavy atom. The summed E-state index contributed by atoms with van der Waals surface area (Å²) >= 11 is 1.68. The molecule has 0 aliphatic rings. The molecule has 0 saturated carbocycles. The summed E-state index contributed by atoms with van der Waals surface area (Å²) in [6.45, 7) is 0.618. The number of hydrogen-bond donors (Lipinski definition) is 1. The molecule has 1 amide bonds. The van der Waals surface area contributed by atoms with Gasteiger partial charge in [-0.05, 0) is 52.8 Å². The molecule has 3 rings (SSSR count). The number of hydrogen-bond acceptors (Lipinski definition) is 3. The molecule has 1 N–H and O–H groups in total. The minimum atomic E-state index is 0.0634. The van der Waals surface area contributed by atoms with E-state index in [1.54, 1.807) is 11.3 Å². The molecule has 0 unspecified atom stereocenters. The van der Waals surface area contributed by atoms with E-state index in [0.29, 0.717) is 13.0 Å². The molecule has 1 aromatic heterocycles. The molecule has 2 aromatic carbocycles. The molecule has 3 nitrogen and oxygen atoms in total. The average molecular weight is 338 g/mol. The maximum Gasteiger partial charge on any atom is 0.224 e. The quantitative estimate of drug-likeness (QED) is 0.740. The number of benzene rings is 2. The van der Waals surface area contributed by atoms with Gasteiger partial charge in [0.25, 0.3) is 0 Å². The van der Waals surface area contributed by atoms with Gasteiger partial charge in [-0.3, -0.25) is 4.79 Å². The van der Waals surface area contributed by atoms with Crippen LogP contribution in [0, 0.1) is 0 Å². The minimum absolute atomic E-state index is 0.0634. The van der Waals surface area contributed by atoms with E-state index in [-0.39, 0.29) is 11.9 Å². The van der Waals surface area contributed by atoms with Gasteiger partial charge in [-0.25, -0.2) is 0 Å². The summed E-state index contributed by atoms with van der Waals surface area (Å²) in [5.41, 5.74) is 2.32. The van der Waals surface area contributed by atoms with Crippen LogP contribution in [0.5, 0.6) is 0 Å². The van der Waals surface area contributed by atoms with E-state index in [9.17, 15) is 4.79 Å². The Balaban J connectivity index is 1.67. The molecule has 0 bridgehead atoms. The first-order valence-electron chi connectivity index (χ1n) is 8.07. The van der Waals surface area contributed by atoms with Crippen molar-refractivity contribution in [2.75, 3.05) is 20.6 Å². The summed E-state index contributed by atoms with van der Waals surface area (Å²) in [5, 5.41) is 9.63. The zero-order chi connectivity index (χ0) is 16.9. The van der Waals surface area contributed by atoms with Gasteiger partial charge in [0.05, 0.1) is 12.5 Å². The number of fused-ring (bicyclic) bond motifs is 1. The third-order valence-electron chi connectivity index (χ3n) is 4.27. The SMILES string of the molecule is CN(C)[C@H](CNC(=O)Cc1cccc2ccccc12)c1ccsc1. The van der Waals surface area contributed by atoms with E-state index in [1.807, 2.05) is 38.4 Å². The van der Waals surface area contributed by atoms with Crippen LogP contribution in [0.3, 0.4) is 0 Å². The van der Waals surface area contributed by atoms with Gasteiger partial charge in [-0.15, -0.1) is 0 Å². The molecule has 4 heteroatoms. The summed E-state index contributed by atoms with van der Waals surface area (Å²) in [4.78, 5) is 14.6. The number of carbonyl (C=O) groups is 1. The summed E-state index contributed by atoms with van der Waals surface area (Å²) in [6.07, 6.45) is 0.408. The van der Waals surface area contributed by atoms with Crippen molar-refractivity contribution in [3.63, 3.8) is 0 Å². The Labute approximate surface area is 146 Å². The van der Waals surface area contributed by atoms with E-state index in [0.717, 1.165) is 10.9 Å². The van der Waals surface area contributed by atoms with Gasteiger partial charge in [0.1, 0.15) is 0 Å². The van der Waals surface area contributed by atoms with Crippen LogP contribution < -0.4 is 5.32 Å². The molecule has 1 heterocycles. The van der Waals surface area contributed by atoms with Gasteiger partial charge in [-0.1, -0.05) is 42.5 Å². The Bertz CT molecular complexity index is 806.